The van der Waals surface area contributed by atoms with Crippen LogP contribution in [-0.2, 0) is 0 Å². The first kappa shape index (κ1) is 13.7. The van der Waals surface area contributed by atoms with E-state index in [9.17, 15) is 22.0 Å². The highest BCUT2D eigenvalue weighted by Crippen LogP contribution is 2.30. The highest BCUT2D eigenvalue weighted by atomic mass is 19.2. The summed E-state index contributed by atoms with van der Waals surface area (Å²) in [7, 11) is 0. The molecule has 0 saturated heterocycles. The van der Waals surface area contributed by atoms with Crippen LogP contribution in [0.3, 0.4) is 0 Å². The molecule has 0 radical (unpaired) electrons. The van der Waals surface area contributed by atoms with E-state index in [-0.39, 0.29) is 6.54 Å². The van der Waals surface area contributed by atoms with Gasteiger partial charge >= 0.3 is 0 Å². The summed E-state index contributed by atoms with van der Waals surface area (Å²) in [4.78, 5) is 0.695. The number of nitrogens with zero attached hydrogens (tertiary/aromatic N) is 1. The lowest BCUT2D eigenvalue weighted by Crippen LogP contribution is -2.26. The SMILES string of the molecule is CCCN(CF)c1c(F)c(C)c(F)c(F)c1F. The third-order valence-electron chi connectivity index (χ3n) is 2.41. The van der Waals surface area contributed by atoms with Crippen molar-refractivity contribution in [2.24, 2.45) is 0 Å². The molecule has 1 nitrogen and oxygen atoms in total. The van der Waals surface area contributed by atoms with Crippen LogP contribution in [0.1, 0.15) is 18.9 Å². The van der Waals surface area contributed by atoms with Crippen LogP contribution in [0.15, 0.2) is 0 Å². The fourth-order valence-corrected chi connectivity index (χ4v) is 1.51. The standard InChI is InChI=1S/C11H12F5N/c1-3-4-17(5-12)11-8(14)6(2)7(13)9(15)10(11)16/h3-5H2,1-2H3. The predicted octanol–water partition coefficient (Wildman–Crippen LogP) is 3.69. The minimum atomic E-state index is -1.78. The largest absolute Gasteiger partial charge is 0.340 e. The molecule has 0 fully saturated rings. The molecule has 0 aliphatic heterocycles. The summed E-state index contributed by atoms with van der Waals surface area (Å²) >= 11 is 0. The van der Waals surface area contributed by atoms with Crippen LogP contribution in [0.2, 0.25) is 0 Å². The van der Waals surface area contributed by atoms with Gasteiger partial charge in [0.25, 0.3) is 0 Å². The van der Waals surface area contributed by atoms with E-state index in [1.807, 2.05) is 0 Å². The summed E-state index contributed by atoms with van der Waals surface area (Å²) in [6, 6.07) is 0. The lowest BCUT2D eigenvalue weighted by molar-refractivity contribution is 0.414. The molecule has 0 aliphatic rings. The average molecular weight is 253 g/mol. The number of anilines is 1. The zero-order chi connectivity index (χ0) is 13.2. The van der Waals surface area contributed by atoms with Crippen LogP contribution in [0.5, 0.6) is 0 Å². The molecule has 0 atom stereocenters. The molecule has 0 aromatic heterocycles. The number of benzene rings is 1. The van der Waals surface area contributed by atoms with Gasteiger partial charge in [0, 0.05) is 12.1 Å². The van der Waals surface area contributed by atoms with Gasteiger partial charge in [0.1, 0.15) is 5.69 Å². The van der Waals surface area contributed by atoms with Gasteiger partial charge in [-0.05, 0) is 13.3 Å². The lowest BCUT2D eigenvalue weighted by atomic mass is 10.1. The first-order valence-corrected chi connectivity index (χ1v) is 5.09. The highest BCUT2D eigenvalue weighted by molar-refractivity contribution is 5.52. The smallest absolute Gasteiger partial charge is 0.197 e. The molecule has 1 aromatic carbocycles. The zero-order valence-electron chi connectivity index (χ0n) is 9.46. The molecule has 0 heterocycles. The Hall–Kier alpha value is -1.33. The van der Waals surface area contributed by atoms with Crippen LogP contribution in [0.25, 0.3) is 0 Å². The summed E-state index contributed by atoms with van der Waals surface area (Å²) < 4.78 is 65.8. The van der Waals surface area contributed by atoms with Gasteiger partial charge in [-0.25, -0.2) is 22.0 Å². The van der Waals surface area contributed by atoms with Crippen molar-refractivity contribution in [2.75, 3.05) is 18.2 Å². The fraction of sp³-hybridized carbons (Fsp3) is 0.455. The normalized spacial score (nSPS) is 10.8. The molecule has 96 valence electrons. The van der Waals surface area contributed by atoms with Crippen LogP contribution >= 0.6 is 0 Å². The molecule has 0 bridgehead atoms. The van der Waals surface area contributed by atoms with Crippen molar-refractivity contribution in [3.05, 3.63) is 28.8 Å². The maximum Gasteiger partial charge on any atom is 0.197 e. The van der Waals surface area contributed by atoms with Crippen LogP contribution in [0.4, 0.5) is 27.6 Å². The second kappa shape index (κ2) is 5.33. The molecule has 1 aromatic rings. The summed E-state index contributed by atoms with van der Waals surface area (Å²) in [6.45, 7) is 1.48. The summed E-state index contributed by atoms with van der Waals surface area (Å²) in [5, 5.41) is 0. The van der Waals surface area contributed by atoms with Crippen LogP contribution in [-0.4, -0.2) is 13.3 Å². The Morgan fingerprint density at radius 3 is 2.00 bits per heavy atom. The minimum absolute atomic E-state index is 0.00878. The molecule has 0 unspecified atom stereocenters. The number of hydrogen-bond donors (Lipinski definition) is 0. The fourth-order valence-electron chi connectivity index (χ4n) is 1.51. The second-order valence-corrected chi connectivity index (χ2v) is 3.61. The number of alkyl halides is 1. The number of rotatable bonds is 4. The van der Waals surface area contributed by atoms with Gasteiger partial charge in [-0.1, -0.05) is 6.92 Å². The van der Waals surface area contributed by atoms with E-state index in [0.29, 0.717) is 11.3 Å². The Balaban J connectivity index is 3.41. The van der Waals surface area contributed by atoms with Gasteiger partial charge in [0.2, 0.25) is 0 Å². The van der Waals surface area contributed by atoms with Crippen LogP contribution < -0.4 is 4.90 Å². The van der Waals surface area contributed by atoms with Crippen molar-refractivity contribution in [2.45, 2.75) is 20.3 Å². The van der Waals surface area contributed by atoms with Gasteiger partial charge in [-0.15, -0.1) is 0 Å². The van der Waals surface area contributed by atoms with Crippen LogP contribution in [0, 0.1) is 30.2 Å². The monoisotopic (exact) mass is 253 g/mol. The molecule has 0 saturated carbocycles. The Bertz CT molecular complexity index is 390. The maximum absolute atomic E-state index is 13.6. The molecule has 6 heteroatoms. The molecular weight excluding hydrogens is 241 g/mol. The Kier molecular flexibility index (Phi) is 4.31. The van der Waals surface area contributed by atoms with Gasteiger partial charge < -0.3 is 4.90 Å². The van der Waals surface area contributed by atoms with E-state index in [0.717, 1.165) is 6.92 Å². The number of halogens is 5. The van der Waals surface area contributed by atoms with Crippen molar-refractivity contribution >= 4 is 5.69 Å². The molecule has 17 heavy (non-hydrogen) atoms. The first-order chi connectivity index (χ1) is 7.95. The predicted molar refractivity (Wildman–Crippen MR) is 54.6 cm³/mol. The van der Waals surface area contributed by atoms with Gasteiger partial charge in [-0.2, -0.15) is 0 Å². The zero-order valence-corrected chi connectivity index (χ0v) is 9.46. The molecule has 1 rings (SSSR count). The highest BCUT2D eigenvalue weighted by Gasteiger charge is 2.26. The van der Waals surface area contributed by atoms with Crippen molar-refractivity contribution < 1.29 is 22.0 Å². The third kappa shape index (κ3) is 2.35. The Morgan fingerprint density at radius 1 is 0.941 bits per heavy atom. The number of hydrogen-bond acceptors (Lipinski definition) is 1. The molecule has 0 N–H and O–H groups in total. The van der Waals surface area contributed by atoms with E-state index in [4.69, 9.17) is 0 Å². The second-order valence-electron chi connectivity index (χ2n) is 3.61. The van der Waals surface area contributed by atoms with Gasteiger partial charge in [-0.3, -0.25) is 0 Å². The van der Waals surface area contributed by atoms with Crippen molar-refractivity contribution in [3.63, 3.8) is 0 Å². The Labute approximate surface area is 95.8 Å². The summed E-state index contributed by atoms with van der Waals surface area (Å²) in [5.74, 6) is -6.34. The summed E-state index contributed by atoms with van der Waals surface area (Å²) in [5.41, 5.74) is -1.51. The van der Waals surface area contributed by atoms with Crippen molar-refractivity contribution in [3.8, 4) is 0 Å². The topological polar surface area (TPSA) is 3.24 Å². The molecule has 0 amide bonds. The summed E-state index contributed by atoms with van der Waals surface area (Å²) in [6.07, 6.45) is 0.418. The van der Waals surface area contributed by atoms with Crippen molar-refractivity contribution in [1.82, 2.24) is 0 Å². The average Bonchev–Trinajstić information content (AvgIpc) is 2.33. The quantitative estimate of drug-likeness (QED) is 0.342. The molecular formula is C11H12F5N. The van der Waals surface area contributed by atoms with E-state index in [1.54, 1.807) is 6.92 Å². The Morgan fingerprint density at radius 2 is 1.53 bits per heavy atom. The van der Waals surface area contributed by atoms with E-state index in [1.165, 1.54) is 0 Å². The van der Waals surface area contributed by atoms with E-state index >= 15 is 0 Å². The third-order valence-corrected chi connectivity index (χ3v) is 2.41. The lowest BCUT2D eigenvalue weighted by Gasteiger charge is -2.22. The van der Waals surface area contributed by atoms with Crippen molar-refractivity contribution in [1.29, 1.82) is 0 Å². The molecule has 0 spiro atoms. The maximum atomic E-state index is 13.6. The van der Waals surface area contributed by atoms with Gasteiger partial charge in [0.15, 0.2) is 30.1 Å². The minimum Gasteiger partial charge on any atom is -0.340 e. The van der Waals surface area contributed by atoms with Gasteiger partial charge in [0.05, 0.1) is 0 Å². The first-order valence-electron chi connectivity index (χ1n) is 5.09. The molecule has 0 aliphatic carbocycles. The van der Waals surface area contributed by atoms with E-state index in [2.05, 4.69) is 0 Å². The van der Waals surface area contributed by atoms with E-state index < -0.39 is 41.3 Å².